The Labute approximate surface area is 77.0 Å². The van der Waals surface area contributed by atoms with Crippen LogP contribution in [0.1, 0.15) is 35.6 Å². The van der Waals surface area contributed by atoms with E-state index in [1.165, 1.54) is 29.7 Å². The Morgan fingerprint density at radius 1 is 1.46 bits per heavy atom. The van der Waals surface area contributed by atoms with Gasteiger partial charge in [-0.05, 0) is 12.8 Å². The van der Waals surface area contributed by atoms with Crippen LogP contribution in [0.25, 0.3) is 0 Å². The predicted octanol–water partition coefficient (Wildman–Crippen LogP) is 2.65. The molecule has 0 saturated carbocycles. The molecule has 2 heteroatoms. The van der Waals surface area contributed by atoms with E-state index in [0.29, 0.717) is 5.92 Å². The molecule has 0 spiro atoms. The fraction of sp³-hybridized carbons (Fsp3) is 0.364. The lowest BCUT2D eigenvalue weighted by atomic mass is 9.85. The molecule has 1 aromatic heterocycles. The molecule has 0 aromatic carbocycles. The van der Waals surface area contributed by atoms with Gasteiger partial charge < -0.3 is 4.42 Å². The lowest BCUT2D eigenvalue weighted by Gasteiger charge is -2.17. The molecule has 3 rings (SSSR count). The summed E-state index contributed by atoms with van der Waals surface area (Å²) in [7, 11) is 0. The number of hydrogen-bond acceptors (Lipinski definition) is 2. The van der Waals surface area contributed by atoms with Gasteiger partial charge in [0.15, 0.2) is 0 Å². The molecular formula is C11H11NO. The van der Waals surface area contributed by atoms with Crippen molar-refractivity contribution in [2.75, 3.05) is 0 Å². The second-order valence-corrected chi connectivity index (χ2v) is 3.65. The van der Waals surface area contributed by atoms with E-state index < -0.39 is 0 Å². The monoisotopic (exact) mass is 173 g/mol. The van der Waals surface area contributed by atoms with Gasteiger partial charge in [-0.1, -0.05) is 6.08 Å². The van der Waals surface area contributed by atoms with Crippen molar-refractivity contribution in [1.82, 2.24) is 0 Å². The molecule has 66 valence electrons. The van der Waals surface area contributed by atoms with E-state index in [1.54, 1.807) is 0 Å². The molecule has 13 heavy (non-hydrogen) atoms. The summed E-state index contributed by atoms with van der Waals surface area (Å²) in [5, 5.41) is 0. The van der Waals surface area contributed by atoms with Crippen molar-refractivity contribution in [3.8, 4) is 0 Å². The molecule has 2 aliphatic rings. The highest BCUT2D eigenvalue weighted by Crippen LogP contribution is 2.36. The van der Waals surface area contributed by atoms with E-state index in [1.807, 2.05) is 18.7 Å². The maximum absolute atomic E-state index is 5.52. The van der Waals surface area contributed by atoms with Crippen molar-refractivity contribution in [3.05, 3.63) is 35.4 Å². The second kappa shape index (κ2) is 2.59. The third-order valence-electron chi connectivity index (χ3n) is 2.85. The van der Waals surface area contributed by atoms with E-state index >= 15 is 0 Å². The fourth-order valence-corrected chi connectivity index (χ4v) is 2.23. The quantitative estimate of drug-likeness (QED) is 0.592. The summed E-state index contributed by atoms with van der Waals surface area (Å²) in [5.74, 6) is 1.71. The standard InChI is InChI=1S/C11H11NO/c1-2-8-4-5-12-6-9-7-13-10(3-1)11(8)9/h4-8H,1-3H2. The van der Waals surface area contributed by atoms with E-state index in [2.05, 4.69) is 11.1 Å². The Morgan fingerprint density at radius 3 is 3.46 bits per heavy atom. The molecule has 1 aromatic rings. The Hall–Kier alpha value is -1.31. The Bertz CT molecular complexity index is 387. The number of nitrogens with zero attached hydrogens (tertiary/aromatic N) is 1. The minimum Gasteiger partial charge on any atom is -0.468 e. The summed E-state index contributed by atoms with van der Waals surface area (Å²) in [6.07, 6.45) is 11.4. The predicted molar refractivity (Wildman–Crippen MR) is 51.1 cm³/mol. The van der Waals surface area contributed by atoms with Crippen LogP contribution >= 0.6 is 0 Å². The van der Waals surface area contributed by atoms with Crippen LogP contribution in [0.15, 0.2) is 27.9 Å². The van der Waals surface area contributed by atoms with Crippen LogP contribution in [0.3, 0.4) is 0 Å². The van der Waals surface area contributed by atoms with E-state index in [-0.39, 0.29) is 0 Å². The highest BCUT2D eigenvalue weighted by atomic mass is 16.3. The summed E-state index contributed by atoms with van der Waals surface area (Å²) in [4.78, 5) is 4.19. The van der Waals surface area contributed by atoms with E-state index in [4.69, 9.17) is 4.42 Å². The normalized spacial score (nSPS) is 24.2. The van der Waals surface area contributed by atoms with Gasteiger partial charge in [0.05, 0.1) is 6.26 Å². The van der Waals surface area contributed by atoms with Gasteiger partial charge in [-0.2, -0.15) is 0 Å². The molecule has 0 N–H and O–H groups in total. The average Bonchev–Trinajstić information content (AvgIpc) is 2.44. The molecule has 1 aliphatic carbocycles. The van der Waals surface area contributed by atoms with Crippen molar-refractivity contribution in [3.63, 3.8) is 0 Å². The third-order valence-corrected chi connectivity index (χ3v) is 2.85. The van der Waals surface area contributed by atoms with Gasteiger partial charge in [0, 0.05) is 35.9 Å². The van der Waals surface area contributed by atoms with Crippen molar-refractivity contribution in [2.45, 2.75) is 25.2 Å². The summed E-state index contributed by atoms with van der Waals surface area (Å²) in [6.45, 7) is 0. The fourth-order valence-electron chi connectivity index (χ4n) is 2.23. The first-order valence-corrected chi connectivity index (χ1v) is 4.75. The molecule has 1 unspecified atom stereocenters. The van der Waals surface area contributed by atoms with Crippen molar-refractivity contribution < 1.29 is 4.42 Å². The van der Waals surface area contributed by atoms with Crippen LogP contribution < -0.4 is 0 Å². The summed E-state index contributed by atoms with van der Waals surface area (Å²) in [6, 6.07) is 0. The molecule has 0 radical (unpaired) electrons. The van der Waals surface area contributed by atoms with Gasteiger partial charge >= 0.3 is 0 Å². The van der Waals surface area contributed by atoms with Crippen LogP contribution in [0.2, 0.25) is 0 Å². The first-order valence-electron chi connectivity index (χ1n) is 4.75. The zero-order chi connectivity index (χ0) is 8.67. The largest absolute Gasteiger partial charge is 0.468 e. The average molecular weight is 173 g/mol. The maximum Gasteiger partial charge on any atom is 0.108 e. The number of aliphatic imine (C=N–C) groups is 1. The molecule has 0 amide bonds. The van der Waals surface area contributed by atoms with E-state index in [9.17, 15) is 0 Å². The van der Waals surface area contributed by atoms with Gasteiger partial charge in [-0.3, -0.25) is 4.99 Å². The molecule has 2 heterocycles. The number of aryl methyl sites for hydroxylation is 1. The van der Waals surface area contributed by atoms with Crippen molar-refractivity contribution in [2.24, 2.45) is 4.99 Å². The number of furan rings is 1. The molecule has 0 saturated heterocycles. The molecule has 2 nitrogen and oxygen atoms in total. The van der Waals surface area contributed by atoms with Gasteiger partial charge in [0.1, 0.15) is 5.76 Å². The van der Waals surface area contributed by atoms with Gasteiger partial charge in [0.2, 0.25) is 0 Å². The molecule has 0 fully saturated rings. The lowest BCUT2D eigenvalue weighted by molar-refractivity contribution is 0.467. The smallest absolute Gasteiger partial charge is 0.108 e. The van der Waals surface area contributed by atoms with Crippen molar-refractivity contribution in [1.29, 1.82) is 0 Å². The topological polar surface area (TPSA) is 25.5 Å². The minimum atomic E-state index is 0.542. The Morgan fingerprint density at radius 2 is 2.46 bits per heavy atom. The molecule has 1 atom stereocenters. The highest BCUT2D eigenvalue weighted by molar-refractivity contribution is 5.83. The molecule has 1 aliphatic heterocycles. The molecular weight excluding hydrogens is 162 g/mol. The van der Waals surface area contributed by atoms with Crippen LogP contribution in [0.5, 0.6) is 0 Å². The Balaban J connectivity index is 2.23. The zero-order valence-electron chi connectivity index (χ0n) is 7.36. The second-order valence-electron chi connectivity index (χ2n) is 3.65. The SMILES string of the molecule is C1=CC2CCCc3occ(c32)C=N1. The number of hydrogen-bond donors (Lipinski definition) is 0. The van der Waals surface area contributed by atoms with Crippen LogP contribution in [-0.2, 0) is 6.42 Å². The van der Waals surface area contributed by atoms with Crippen LogP contribution in [-0.4, -0.2) is 6.21 Å². The Kier molecular flexibility index (Phi) is 1.42. The van der Waals surface area contributed by atoms with Gasteiger partial charge in [-0.15, -0.1) is 0 Å². The van der Waals surface area contributed by atoms with Gasteiger partial charge in [-0.25, -0.2) is 0 Å². The van der Waals surface area contributed by atoms with E-state index in [0.717, 1.165) is 6.42 Å². The first-order chi connectivity index (χ1) is 6.45. The minimum absolute atomic E-state index is 0.542. The number of rotatable bonds is 0. The lowest BCUT2D eigenvalue weighted by Crippen LogP contribution is -2.06. The summed E-state index contributed by atoms with van der Waals surface area (Å²) < 4.78 is 5.52. The molecule has 0 bridgehead atoms. The van der Waals surface area contributed by atoms with Crippen molar-refractivity contribution >= 4 is 6.21 Å². The number of allylic oxidation sites excluding steroid dienone is 1. The van der Waals surface area contributed by atoms with Crippen LogP contribution in [0.4, 0.5) is 0 Å². The van der Waals surface area contributed by atoms with Crippen LogP contribution in [0, 0.1) is 0 Å². The highest BCUT2D eigenvalue weighted by Gasteiger charge is 2.24. The summed E-state index contributed by atoms with van der Waals surface area (Å²) in [5.41, 5.74) is 2.55. The maximum atomic E-state index is 5.52. The van der Waals surface area contributed by atoms with Gasteiger partial charge in [0.25, 0.3) is 0 Å². The summed E-state index contributed by atoms with van der Waals surface area (Å²) >= 11 is 0. The third kappa shape index (κ3) is 0.981. The zero-order valence-corrected chi connectivity index (χ0v) is 7.36. The first kappa shape index (κ1) is 7.13.